The molecule has 6 heteroatoms. The molecule has 27 heavy (non-hydrogen) atoms. The van der Waals surface area contributed by atoms with Crippen LogP contribution in [0.4, 0.5) is 14.5 Å². The van der Waals surface area contributed by atoms with Gasteiger partial charge in [0.2, 0.25) is 0 Å². The van der Waals surface area contributed by atoms with Gasteiger partial charge in [-0.3, -0.25) is 9.78 Å². The van der Waals surface area contributed by atoms with Crippen LogP contribution in [0.1, 0.15) is 22.9 Å². The first-order valence-electron chi connectivity index (χ1n) is 8.32. The first kappa shape index (κ1) is 18.7. The summed E-state index contributed by atoms with van der Waals surface area (Å²) >= 11 is 0. The van der Waals surface area contributed by atoms with Crippen molar-refractivity contribution in [3.8, 4) is 11.1 Å². The summed E-state index contributed by atoms with van der Waals surface area (Å²) in [5, 5.41) is 12.6. The van der Waals surface area contributed by atoms with E-state index in [-0.39, 0.29) is 5.56 Å². The number of benzene rings is 2. The zero-order valence-corrected chi connectivity index (χ0v) is 14.8. The highest BCUT2D eigenvalue weighted by molar-refractivity contribution is 5.95. The number of nitrogens with zero attached hydrogens (tertiary/aromatic N) is 1. The van der Waals surface area contributed by atoms with E-state index in [0.29, 0.717) is 11.8 Å². The molecule has 1 aromatic heterocycles. The number of anilines is 1. The van der Waals surface area contributed by atoms with Crippen LogP contribution in [0.3, 0.4) is 0 Å². The third-order valence-electron chi connectivity index (χ3n) is 4.17. The van der Waals surface area contributed by atoms with Crippen molar-refractivity contribution in [1.29, 1.82) is 0 Å². The average Bonchev–Trinajstić information content (AvgIpc) is 2.61. The zero-order valence-electron chi connectivity index (χ0n) is 14.8. The lowest BCUT2D eigenvalue weighted by atomic mass is 10.0. The standard InChI is InChI=1S/C21H18F2N2O2/c1-12-7-18(5-6-19(12)14-4-3-13(2)24-11-14)25-21(27)20(26)15-8-16(22)10-17(23)9-15/h3-11,20,26H,1-2H3,(H,25,27)/t20-/m1/s1. The molecule has 4 nitrogen and oxygen atoms in total. The number of aryl methyl sites for hydroxylation is 2. The van der Waals surface area contributed by atoms with Crippen LogP contribution in [0.2, 0.25) is 0 Å². The van der Waals surface area contributed by atoms with E-state index >= 15 is 0 Å². The van der Waals surface area contributed by atoms with Crippen LogP contribution >= 0.6 is 0 Å². The summed E-state index contributed by atoms with van der Waals surface area (Å²) in [7, 11) is 0. The largest absolute Gasteiger partial charge is 0.378 e. The highest BCUT2D eigenvalue weighted by atomic mass is 19.1. The fraction of sp³-hybridized carbons (Fsp3) is 0.143. The van der Waals surface area contributed by atoms with Gasteiger partial charge in [0.05, 0.1) is 0 Å². The minimum absolute atomic E-state index is 0.149. The quantitative estimate of drug-likeness (QED) is 0.721. The van der Waals surface area contributed by atoms with Crippen LogP contribution in [0.5, 0.6) is 0 Å². The van der Waals surface area contributed by atoms with E-state index in [1.54, 1.807) is 18.3 Å². The van der Waals surface area contributed by atoms with Gasteiger partial charge in [-0.05, 0) is 60.9 Å². The molecule has 138 valence electrons. The Bertz CT molecular complexity index is 968. The van der Waals surface area contributed by atoms with Gasteiger partial charge in [-0.15, -0.1) is 0 Å². The molecule has 1 atom stereocenters. The van der Waals surface area contributed by atoms with E-state index in [0.717, 1.165) is 34.5 Å². The second-order valence-corrected chi connectivity index (χ2v) is 6.31. The van der Waals surface area contributed by atoms with Crippen molar-refractivity contribution in [3.63, 3.8) is 0 Å². The Morgan fingerprint density at radius 1 is 1.04 bits per heavy atom. The van der Waals surface area contributed by atoms with Crippen molar-refractivity contribution < 1.29 is 18.7 Å². The first-order chi connectivity index (χ1) is 12.8. The van der Waals surface area contributed by atoms with Crippen LogP contribution in [0.25, 0.3) is 11.1 Å². The molecule has 1 amide bonds. The summed E-state index contributed by atoms with van der Waals surface area (Å²) in [4.78, 5) is 16.5. The molecule has 0 aliphatic rings. The molecule has 3 rings (SSSR count). The smallest absolute Gasteiger partial charge is 0.257 e. The molecular formula is C21H18F2N2O2. The zero-order chi connectivity index (χ0) is 19.6. The first-order valence-corrected chi connectivity index (χ1v) is 8.32. The number of carbonyl (C=O) groups excluding carboxylic acids is 1. The molecular weight excluding hydrogens is 350 g/mol. The Kier molecular flexibility index (Phi) is 5.28. The summed E-state index contributed by atoms with van der Waals surface area (Å²) < 4.78 is 26.5. The number of aromatic nitrogens is 1. The van der Waals surface area contributed by atoms with Gasteiger partial charge >= 0.3 is 0 Å². The van der Waals surface area contributed by atoms with Crippen LogP contribution in [-0.2, 0) is 4.79 Å². The number of aliphatic hydroxyl groups excluding tert-OH is 1. The fourth-order valence-electron chi connectivity index (χ4n) is 2.79. The van der Waals surface area contributed by atoms with E-state index in [4.69, 9.17) is 0 Å². The number of hydrogen-bond acceptors (Lipinski definition) is 3. The molecule has 0 aliphatic heterocycles. The normalized spacial score (nSPS) is 11.9. The van der Waals surface area contributed by atoms with Crippen molar-refractivity contribution >= 4 is 11.6 Å². The number of carbonyl (C=O) groups is 1. The summed E-state index contributed by atoms with van der Waals surface area (Å²) in [6.45, 7) is 3.80. The lowest BCUT2D eigenvalue weighted by molar-refractivity contribution is -0.124. The van der Waals surface area contributed by atoms with Crippen molar-refractivity contribution in [3.05, 3.63) is 83.2 Å². The Morgan fingerprint density at radius 2 is 1.74 bits per heavy atom. The molecule has 0 saturated carbocycles. The lowest BCUT2D eigenvalue weighted by Crippen LogP contribution is -2.21. The van der Waals surface area contributed by atoms with Crippen molar-refractivity contribution in [1.82, 2.24) is 4.98 Å². The highest BCUT2D eigenvalue weighted by Crippen LogP contribution is 2.26. The van der Waals surface area contributed by atoms with E-state index in [9.17, 15) is 18.7 Å². The van der Waals surface area contributed by atoms with E-state index in [2.05, 4.69) is 10.3 Å². The van der Waals surface area contributed by atoms with Gasteiger partial charge < -0.3 is 10.4 Å². The molecule has 0 saturated heterocycles. The molecule has 0 unspecified atom stereocenters. The van der Waals surface area contributed by atoms with Crippen molar-refractivity contribution in [2.75, 3.05) is 5.32 Å². The van der Waals surface area contributed by atoms with E-state index in [1.807, 2.05) is 32.0 Å². The molecule has 0 aliphatic carbocycles. The molecule has 0 bridgehead atoms. The summed E-state index contributed by atoms with van der Waals surface area (Å²) in [6, 6.07) is 11.7. The fourth-order valence-corrected chi connectivity index (χ4v) is 2.79. The van der Waals surface area contributed by atoms with Crippen LogP contribution in [0, 0.1) is 25.5 Å². The monoisotopic (exact) mass is 368 g/mol. The summed E-state index contributed by atoms with van der Waals surface area (Å²) in [5.74, 6) is -2.49. The second kappa shape index (κ2) is 7.63. The maximum Gasteiger partial charge on any atom is 0.257 e. The lowest BCUT2D eigenvalue weighted by Gasteiger charge is -2.14. The number of hydrogen-bond donors (Lipinski definition) is 2. The SMILES string of the molecule is Cc1ccc(-c2ccc(NC(=O)[C@H](O)c3cc(F)cc(F)c3)cc2C)cn1. The minimum atomic E-state index is -1.68. The average molecular weight is 368 g/mol. The number of aliphatic hydroxyl groups is 1. The summed E-state index contributed by atoms with van der Waals surface area (Å²) in [5.41, 5.74) is 4.06. The van der Waals surface area contributed by atoms with Gasteiger partial charge in [0.15, 0.2) is 6.10 Å². The van der Waals surface area contributed by atoms with Gasteiger partial charge in [-0.25, -0.2) is 8.78 Å². The second-order valence-electron chi connectivity index (χ2n) is 6.31. The molecule has 0 fully saturated rings. The topological polar surface area (TPSA) is 62.2 Å². The number of rotatable bonds is 4. The maximum atomic E-state index is 13.3. The Hall–Kier alpha value is -3.12. The molecule has 0 radical (unpaired) electrons. The van der Waals surface area contributed by atoms with Gasteiger partial charge in [0.1, 0.15) is 11.6 Å². The van der Waals surface area contributed by atoms with E-state index < -0.39 is 23.6 Å². The number of halogens is 2. The third-order valence-corrected chi connectivity index (χ3v) is 4.17. The predicted molar refractivity (Wildman–Crippen MR) is 99.1 cm³/mol. The molecule has 2 N–H and O–H groups in total. The van der Waals surface area contributed by atoms with Crippen molar-refractivity contribution in [2.24, 2.45) is 0 Å². The van der Waals surface area contributed by atoms with Gasteiger partial charge in [0, 0.05) is 29.2 Å². The minimum Gasteiger partial charge on any atom is -0.378 e. The van der Waals surface area contributed by atoms with Crippen LogP contribution in [0.15, 0.2) is 54.7 Å². The van der Waals surface area contributed by atoms with Gasteiger partial charge in [0.25, 0.3) is 5.91 Å². The summed E-state index contributed by atoms with van der Waals surface area (Å²) in [6.07, 6.45) is 0.0921. The number of amides is 1. The predicted octanol–water partition coefficient (Wildman–Crippen LogP) is 4.32. The number of nitrogens with one attached hydrogen (secondary N) is 1. The van der Waals surface area contributed by atoms with Gasteiger partial charge in [-0.1, -0.05) is 12.1 Å². The molecule has 2 aromatic carbocycles. The van der Waals surface area contributed by atoms with Crippen LogP contribution < -0.4 is 5.32 Å². The Labute approximate surface area is 155 Å². The van der Waals surface area contributed by atoms with Crippen LogP contribution in [-0.4, -0.2) is 16.0 Å². The van der Waals surface area contributed by atoms with Crippen molar-refractivity contribution in [2.45, 2.75) is 20.0 Å². The van der Waals surface area contributed by atoms with Gasteiger partial charge in [-0.2, -0.15) is 0 Å². The molecule has 0 spiro atoms. The third kappa shape index (κ3) is 4.35. The highest BCUT2D eigenvalue weighted by Gasteiger charge is 2.19. The Balaban J connectivity index is 1.78. The molecule has 3 aromatic rings. The molecule has 1 heterocycles. The Morgan fingerprint density at radius 3 is 2.33 bits per heavy atom. The number of pyridine rings is 1. The van der Waals surface area contributed by atoms with E-state index in [1.165, 1.54) is 0 Å². The maximum absolute atomic E-state index is 13.3.